The van der Waals surface area contributed by atoms with E-state index in [4.69, 9.17) is 0 Å². The lowest BCUT2D eigenvalue weighted by Crippen LogP contribution is -2.33. The van der Waals surface area contributed by atoms with Gasteiger partial charge in [0.2, 0.25) is 0 Å². The first-order valence-electron chi connectivity index (χ1n) is 6.30. The van der Waals surface area contributed by atoms with Gasteiger partial charge in [0.1, 0.15) is 5.75 Å². The molecule has 0 aromatic heterocycles. The Morgan fingerprint density at radius 1 is 1.25 bits per heavy atom. The highest BCUT2D eigenvalue weighted by Gasteiger charge is 2.16. The number of phenolic OH excluding ortho intramolecular Hbond substituents is 1. The first kappa shape index (κ1) is 11.5. The molecule has 1 saturated carbocycles. The second-order valence-corrected chi connectivity index (χ2v) is 4.82. The Bertz CT molecular complexity index is 331. The fourth-order valence-electron chi connectivity index (χ4n) is 2.51. The molecule has 88 valence electrons. The van der Waals surface area contributed by atoms with Crippen LogP contribution in [0.4, 0.5) is 0 Å². The van der Waals surface area contributed by atoms with Crippen LogP contribution in [0.15, 0.2) is 24.3 Å². The van der Waals surface area contributed by atoms with Gasteiger partial charge in [0.25, 0.3) is 0 Å². The maximum atomic E-state index is 9.44. The van der Waals surface area contributed by atoms with E-state index in [1.54, 1.807) is 6.07 Å². The Morgan fingerprint density at radius 2 is 2.00 bits per heavy atom. The largest absolute Gasteiger partial charge is 0.508 e. The van der Waals surface area contributed by atoms with E-state index in [9.17, 15) is 5.11 Å². The second-order valence-electron chi connectivity index (χ2n) is 4.82. The molecule has 1 aromatic carbocycles. The van der Waals surface area contributed by atoms with Crippen LogP contribution in [-0.4, -0.2) is 11.1 Å². The molecule has 1 unspecified atom stereocenters. The highest BCUT2D eigenvalue weighted by Crippen LogP contribution is 2.22. The molecule has 2 N–H and O–H groups in total. The van der Waals surface area contributed by atoms with E-state index < -0.39 is 0 Å². The molecule has 2 nitrogen and oxygen atoms in total. The normalized spacial score (nSPS) is 19.6. The van der Waals surface area contributed by atoms with Gasteiger partial charge in [-0.05, 0) is 37.5 Å². The van der Waals surface area contributed by atoms with Crippen LogP contribution < -0.4 is 5.32 Å². The highest BCUT2D eigenvalue weighted by atomic mass is 16.3. The molecule has 16 heavy (non-hydrogen) atoms. The van der Waals surface area contributed by atoms with E-state index >= 15 is 0 Å². The van der Waals surface area contributed by atoms with Crippen molar-refractivity contribution in [3.05, 3.63) is 29.8 Å². The average Bonchev–Trinajstić information content (AvgIpc) is 2.30. The number of hydrogen-bond acceptors (Lipinski definition) is 2. The Kier molecular flexibility index (Phi) is 3.83. The Hall–Kier alpha value is -1.02. The SMILES string of the molecule is CC(NC1CCCCC1)c1cccc(O)c1. The Morgan fingerprint density at radius 3 is 2.69 bits per heavy atom. The summed E-state index contributed by atoms with van der Waals surface area (Å²) in [4.78, 5) is 0. The minimum atomic E-state index is 0.329. The van der Waals surface area contributed by atoms with Crippen LogP contribution in [0.25, 0.3) is 0 Å². The monoisotopic (exact) mass is 219 g/mol. The molecular formula is C14H21NO. The molecule has 0 amide bonds. The predicted molar refractivity (Wildman–Crippen MR) is 66.5 cm³/mol. The molecule has 1 aliphatic carbocycles. The minimum absolute atomic E-state index is 0.329. The Balaban J connectivity index is 1.94. The second kappa shape index (κ2) is 5.35. The van der Waals surface area contributed by atoms with Crippen molar-refractivity contribution in [2.24, 2.45) is 0 Å². The van der Waals surface area contributed by atoms with Crippen LogP contribution in [0.2, 0.25) is 0 Å². The van der Waals surface area contributed by atoms with E-state index in [0.29, 0.717) is 17.8 Å². The molecule has 0 aliphatic heterocycles. The maximum absolute atomic E-state index is 9.44. The molecule has 0 spiro atoms. The van der Waals surface area contributed by atoms with Gasteiger partial charge in [-0.2, -0.15) is 0 Å². The molecule has 0 bridgehead atoms. The summed E-state index contributed by atoms with van der Waals surface area (Å²) in [5.74, 6) is 0.356. The topological polar surface area (TPSA) is 32.3 Å². The summed E-state index contributed by atoms with van der Waals surface area (Å²) >= 11 is 0. The van der Waals surface area contributed by atoms with Gasteiger partial charge in [0.15, 0.2) is 0 Å². The van der Waals surface area contributed by atoms with Gasteiger partial charge < -0.3 is 10.4 Å². The van der Waals surface area contributed by atoms with Crippen LogP contribution >= 0.6 is 0 Å². The molecule has 2 heteroatoms. The number of hydrogen-bond donors (Lipinski definition) is 2. The first-order valence-corrected chi connectivity index (χ1v) is 6.30. The fourth-order valence-corrected chi connectivity index (χ4v) is 2.51. The van der Waals surface area contributed by atoms with Crippen LogP contribution in [0.5, 0.6) is 5.75 Å². The zero-order valence-electron chi connectivity index (χ0n) is 9.95. The van der Waals surface area contributed by atoms with E-state index in [-0.39, 0.29) is 0 Å². The van der Waals surface area contributed by atoms with Crippen molar-refractivity contribution >= 4 is 0 Å². The van der Waals surface area contributed by atoms with Gasteiger partial charge in [0.05, 0.1) is 0 Å². The van der Waals surface area contributed by atoms with Gasteiger partial charge >= 0.3 is 0 Å². The lowest BCUT2D eigenvalue weighted by molar-refractivity contribution is 0.346. The van der Waals surface area contributed by atoms with E-state index in [1.165, 1.54) is 37.7 Å². The van der Waals surface area contributed by atoms with Crippen LogP contribution in [0, 0.1) is 0 Å². The van der Waals surface area contributed by atoms with Gasteiger partial charge in [-0.25, -0.2) is 0 Å². The quantitative estimate of drug-likeness (QED) is 0.817. The summed E-state index contributed by atoms with van der Waals surface area (Å²) in [7, 11) is 0. The van der Waals surface area contributed by atoms with Gasteiger partial charge in [-0.3, -0.25) is 0 Å². The number of rotatable bonds is 3. The summed E-state index contributed by atoms with van der Waals surface area (Å²) in [5, 5.41) is 13.1. The number of phenols is 1. The maximum Gasteiger partial charge on any atom is 0.115 e. The van der Waals surface area contributed by atoms with Crippen molar-refractivity contribution in [1.82, 2.24) is 5.32 Å². The molecule has 0 radical (unpaired) electrons. The zero-order valence-corrected chi connectivity index (χ0v) is 9.95. The Labute approximate surface area is 97.7 Å². The predicted octanol–water partition coefficient (Wildman–Crippen LogP) is 3.38. The number of aromatic hydroxyl groups is 1. The van der Waals surface area contributed by atoms with Crippen molar-refractivity contribution in [2.45, 2.75) is 51.1 Å². The lowest BCUT2D eigenvalue weighted by Gasteiger charge is -2.26. The lowest BCUT2D eigenvalue weighted by atomic mass is 9.94. The molecule has 1 atom stereocenters. The molecular weight excluding hydrogens is 198 g/mol. The van der Waals surface area contributed by atoms with Crippen molar-refractivity contribution < 1.29 is 5.11 Å². The number of benzene rings is 1. The third-order valence-electron chi connectivity index (χ3n) is 3.46. The summed E-state index contributed by atoms with van der Waals surface area (Å²) in [5.41, 5.74) is 1.17. The first-order chi connectivity index (χ1) is 7.75. The van der Waals surface area contributed by atoms with Gasteiger partial charge in [-0.1, -0.05) is 31.4 Å². The molecule has 1 aliphatic rings. The van der Waals surface area contributed by atoms with Crippen LogP contribution in [-0.2, 0) is 0 Å². The summed E-state index contributed by atoms with van der Waals surface area (Å²) < 4.78 is 0. The summed E-state index contributed by atoms with van der Waals surface area (Å²) in [6.07, 6.45) is 6.68. The number of nitrogens with one attached hydrogen (secondary N) is 1. The molecule has 0 heterocycles. The van der Waals surface area contributed by atoms with E-state index in [1.807, 2.05) is 12.1 Å². The van der Waals surface area contributed by atoms with Crippen molar-refractivity contribution in [3.8, 4) is 5.75 Å². The van der Waals surface area contributed by atoms with Crippen molar-refractivity contribution in [3.63, 3.8) is 0 Å². The summed E-state index contributed by atoms with van der Waals surface area (Å²) in [6, 6.07) is 8.53. The molecule has 1 fully saturated rings. The highest BCUT2D eigenvalue weighted by molar-refractivity contribution is 5.29. The van der Waals surface area contributed by atoms with Gasteiger partial charge in [-0.15, -0.1) is 0 Å². The fraction of sp³-hybridized carbons (Fsp3) is 0.571. The van der Waals surface area contributed by atoms with Gasteiger partial charge in [0, 0.05) is 12.1 Å². The molecule has 0 saturated heterocycles. The third kappa shape index (κ3) is 2.99. The smallest absolute Gasteiger partial charge is 0.115 e. The minimum Gasteiger partial charge on any atom is -0.508 e. The third-order valence-corrected chi connectivity index (χ3v) is 3.46. The summed E-state index contributed by atoms with van der Waals surface area (Å²) in [6.45, 7) is 2.17. The van der Waals surface area contributed by atoms with Crippen molar-refractivity contribution in [2.75, 3.05) is 0 Å². The average molecular weight is 219 g/mol. The van der Waals surface area contributed by atoms with E-state index in [0.717, 1.165) is 0 Å². The van der Waals surface area contributed by atoms with Crippen LogP contribution in [0.3, 0.4) is 0 Å². The molecule has 2 rings (SSSR count). The van der Waals surface area contributed by atoms with E-state index in [2.05, 4.69) is 18.3 Å². The zero-order chi connectivity index (χ0) is 11.4. The van der Waals surface area contributed by atoms with Crippen molar-refractivity contribution in [1.29, 1.82) is 0 Å². The standard InChI is InChI=1S/C14H21NO/c1-11(12-6-5-9-14(16)10-12)15-13-7-3-2-4-8-13/h5-6,9-11,13,15-16H,2-4,7-8H2,1H3. The van der Waals surface area contributed by atoms with Crippen LogP contribution in [0.1, 0.15) is 50.6 Å². The molecule has 1 aromatic rings.